The van der Waals surface area contributed by atoms with Crippen molar-refractivity contribution >= 4 is 10.9 Å². The summed E-state index contributed by atoms with van der Waals surface area (Å²) in [6.45, 7) is 0. The highest BCUT2D eigenvalue weighted by molar-refractivity contribution is 5.93. The van der Waals surface area contributed by atoms with Gasteiger partial charge in [-0.25, -0.2) is 9.07 Å². The minimum Gasteiger partial charge on any atom is -0.328 e. The third-order valence-corrected chi connectivity index (χ3v) is 3.69. The van der Waals surface area contributed by atoms with Gasteiger partial charge in [0.15, 0.2) is 0 Å². The molecule has 2 N–H and O–H groups in total. The number of halogens is 1. The van der Waals surface area contributed by atoms with Gasteiger partial charge in [0, 0.05) is 18.0 Å². The molecule has 0 radical (unpaired) electrons. The van der Waals surface area contributed by atoms with Crippen molar-refractivity contribution in [2.45, 2.75) is 0 Å². The molecule has 7 nitrogen and oxygen atoms in total. The average molecular weight is 320 g/mol. The molecule has 0 saturated heterocycles. The lowest BCUT2D eigenvalue weighted by Crippen LogP contribution is -2.06. The van der Waals surface area contributed by atoms with Crippen LogP contribution in [-0.4, -0.2) is 25.0 Å². The van der Waals surface area contributed by atoms with Crippen LogP contribution < -0.4 is 5.56 Å². The summed E-state index contributed by atoms with van der Waals surface area (Å²) in [7, 11) is 0. The molecule has 0 atom stereocenters. The maximum atomic E-state index is 14.4. The van der Waals surface area contributed by atoms with Crippen LogP contribution in [0.4, 0.5) is 4.39 Å². The molecule has 116 valence electrons. The van der Waals surface area contributed by atoms with Crippen LogP contribution in [0.1, 0.15) is 5.56 Å². The number of rotatable bonds is 2. The first-order valence-electron chi connectivity index (χ1n) is 6.99. The van der Waals surface area contributed by atoms with E-state index in [0.717, 1.165) is 0 Å². The standard InChI is InChI=1S/C16H9FN6O/c17-11-3-1-2-9(6-18)15(11)23-12-4-5-19-16(24)13(12)14(22-23)10-7-20-21-8-10/h1-5,7-8H,(H,19,24)(H,20,21). The van der Waals surface area contributed by atoms with E-state index in [1.54, 1.807) is 12.3 Å². The molecular weight excluding hydrogens is 311 g/mol. The molecule has 8 heteroatoms. The highest BCUT2D eigenvalue weighted by Crippen LogP contribution is 2.28. The Morgan fingerprint density at radius 1 is 1.29 bits per heavy atom. The Labute approximate surface area is 134 Å². The molecule has 24 heavy (non-hydrogen) atoms. The number of fused-ring (bicyclic) bond motifs is 1. The van der Waals surface area contributed by atoms with Crippen molar-refractivity contribution in [1.82, 2.24) is 25.0 Å². The summed E-state index contributed by atoms with van der Waals surface area (Å²) < 4.78 is 15.7. The van der Waals surface area contributed by atoms with Crippen molar-refractivity contribution in [2.24, 2.45) is 0 Å². The molecule has 0 spiro atoms. The number of para-hydroxylation sites is 1. The third-order valence-electron chi connectivity index (χ3n) is 3.69. The van der Waals surface area contributed by atoms with Crippen molar-refractivity contribution in [3.8, 4) is 23.0 Å². The van der Waals surface area contributed by atoms with Crippen molar-refractivity contribution in [3.05, 3.63) is 64.6 Å². The van der Waals surface area contributed by atoms with E-state index in [1.807, 2.05) is 6.07 Å². The van der Waals surface area contributed by atoms with Gasteiger partial charge in [0.05, 0.1) is 22.7 Å². The molecule has 0 unspecified atom stereocenters. The second kappa shape index (κ2) is 5.17. The lowest BCUT2D eigenvalue weighted by atomic mass is 10.1. The number of nitrogens with zero attached hydrogens (tertiary/aromatic N) is 4. The Balaban J connectivity index is 2.15. The van der Waals surface area contributed by atoms with E-state index in [4.69, 9.17) is 0 Å². The Bertz CT molecular complexity index is 1150. The van der Waals surface area contributed by atoms with Crippen LogP contribution >= 0.6 is 0 Å². The normalized spacial score (nSPS) is 10.8. The van der Waals surface area contributed by atoms with Gasteiger partial charge in [0.2, 0.25) is 0 Å². The summed E-state index contributed by atoms with van der Waals surface area (Å²) in [6.07, 6.45) is 4.56. The summed E-state index contributed by atoms with van der Waals surface area (Å²) >= 11 is 0. The van der Waals surface area contributed by atoms with Gasteiger partial charge in [-0.2, -0.15) is 15.5 Å². The second-order valence-electron chi connectivity index (χ2n) is 5.06. The Kier molecular flexibility index (Phi) is 2.99. The highest BCUT2D eigenvalue weighted by atomic mass is 19.1. The van der Waals surface area contributed by atoms with Gasteiger partial charge in [-0.1, -0.05) is 6.07 Å². The minimum absolute atomic E-state index is 0.00495. The fraction of sp³-hybridized carbons (Fsp3) is 0. The molecule has 0 aliphatic rings. The summed E-state index contributed by atoms with van der Waals surface area (Å²) in [6, 6.07) is 7.76. The first-order chi connectivity index (χ1) is 11.7. The van der Waals surface area contributed by atoms with E-state index in [1.165, 1.54) is 35.3 Å². The van der Waals surface area contributed by atoms with Crippen molar-refractivity contribution in [1.29, 1.82) is 5.26 Å². The van der Waals surface area contributed by atoms with E-state index in [9.17, 15) is 14.4 Å². The maximum absolute atomic E-state index is 14.4. The van der Waals surface area contributed by atoms with Crippen LogP contribution in [0.15, 0.2) is 47.7 Å². The lowest BCUT2D eigenvalue weighted by molar-refractivity contribution is 0.612. The smallest absolute Gasteiger partial charge is 0.259 e. The summed E-state index contributed by atoms with van der Waals surface area (Å²) in [5.74, 6) is -0.600. The van der Waals surface area contributed by atoms with Crippen LogP contribution in [0.2, 0.25) is 0 Å². The van der Waals surface area contributed by atoms with Gasteiger partial charge in [0.1, 0.15) is 23.3 Å². The molecule has 4 rings (SSSR count). The first-order valence-corrected chi connectivity index (χ1v) is 6.99. The van der Waals surface area contributed by atoms with Gasteiger partial charge >= 0.3 is 0 Å². The number of aromatic amines is 2. The highest BCUT2D eigenvalue weighted by Gasteiger charge is 2.20. The lowest BCUT2D eigenvalue weighted by Gasteiger charge is -2.06. The number of nitriles is 1. The number of nitrogens with one attached hydrogen (secondary N) is 2. The fourth-order valence-electron chi connectivity index (χ4n) is 2.65. The van der Waals surface area contributed by atoms with Gasteiger partial charge in [-0.15, -0.1) is 0 Å². The fourth-order valence-corrected chi connectivity index (χ4v) is 2.65. The molecule has 1 aromatic carbocycles. The summed E-state index contributed by atoms with van der Waals surface area (Å²) in [5.41, 5.74) is 1.11. The predicted molar refractivity (Wildman–Crippen MR) is 83.9 cm³/mol. The van der Waals surface area contributed by atoms with Crippen LogP contribution in [-0.2, 0) is 0 Å². The van der Waals surface area contributed by atoms with E-state index in [2.05, 4.69) is 20.3 Å². The molecule has 0 bridgehead atoms. The molecule has 3 heterocycles. The zero-order chi connectivity index (χ0) is 16.7. The Morgan fingerprint density at radius 3 is 2.92 bits per heavy atom. The van der Waals surface area contributed by atoms with Crippen molar-refractivity contribution < 1.29 is 4.39 Å². The first kappa shape index (κ1) is 13.9. The van der Waals surface area contributed by atoms with Gasteiger partial charge in [0.25, 0.3) is 5.56 Å². The number of pyridine rings is 1. The second-order valence-corrected chi connectivity index (χ2v) is 5.06. The van der Waals surface area contributed by atoms with Crippen molar-refractivity contribution in [3.63, 3.8) is 0 Å². The number of hydrogen-bond acceptors (Lipinski definition) is 4. The minimum atomic E-state index is -0.600. The number of hydrogen-bond donors (Lipinski definition) is 2. The number of H-pyrrole nitrogens is 2. The molecule has 3 aromatic heterocycles. The van der Waals surface area contributed by atoms with Crippen molar-refractivity contribution in [2.75, 3.05) is 0 Å². The molecule has 0 aliphatic heterocycles. The molecule has 0 amide bonds. The van der Waals surface area contributed by atoms with Crippen LogP contribution in [0, 0.1) is 17.1 Å². The van der Waals surface area contributed by atoms with E-state index in [-0.39, 0.29) is 16.8 Å². The number of benzene rings is 1. The Morgan fingerprint density at radius 2 is 2.17 bits per heavy atom. The average Bonchev–Trinajstić information content (AvgIpc) is 3.22. The quantitative estimate of drug-likeness (QED) is 0.590. The van der Waals surface area contributed by atoms with Gasteiger partial charge in [-0.05, 0) is 18.2 Å². The zero-order valence-corrected chi connectivity index (χ0v) is 12.1. The summed E-state index contributed by atoms with van der Waals surface area (Å²) in [4.78, 5) is 14.9. The Hall–Kier alpha value is -3.73. The SMILES string of the molecule is N#Cc1cccc(F)c1-n1nc(-c2cn[nH]c2)c2c(=O)[nH]ccc21. The molecule has 0 aliphatic carbocycles. The predicted octanol–water partition coefficient (Wildman–Crippen LogP) is 2.11. The van der Waals surface area contributed by atoms with Gasteiger partial charge < -0.3 is 4.98 Å². The monoisotopic (exact) mass is 320 g/mol. The third kappa shape index (κ3) is 1.92. The topological polar surface area (TPSA) is 103 Å². The molecule has 0 fully saturated rings. The summed E-state index contributed by atoms with van der Waals surface area (Å²) in [5, 5.41) is 20.5. The van der Waals surface area contributed by atoms with Crippen LogP contribution in [0.25, 0.3) is 27.8 Å². The van der Waals surface area contributed by atoms with E-state index in [0.29, 0.717) is 22.2 Å². The largest absolute Gasteiger partial charge is 0.328 e. The molecule has 0 saturated carbocycles. The van der Waals surface area contributed by atoms with Gasteiger partial charge in [-0.3, -0.25) is 9.89 Å². The zero-order valence-electron chi connectivity index (χ0n) is 12.1. The maximum Gasteiger partial charge on any atom is 0.259 e. The van der Waals surface area contributed by atoms with Crippen LogP contribution in [0.5, 0.6) is 0 Å². The molecule has 4 aromatic rings. The molecular formula is C16H9FN6O. The van der Waals surface area contributed by atoms with E-state index >= 15 is 0 Å². The van der Waals surface area contributed by atoms with E-state index < -0.39 is 5.82 Å². The number of aromatic nitrogens is 5. The van der Waals surface area contributed by atoms with Crippen LogP contribution in [0.3, 0.4) is 0 Å².